The van der Waals surface area contributed by atoms with Gasteiger partial charge in [-0.25, -0.2) is 0 Å². The zero-order chi connectivity index (χ0) is 21.3. The Balaban J connectivity index is 1.45. The standard InChI is InChI=1S/C22H29N3O4S/c1-15-20(16-7-9-19(29-2)10-8-16)30(27,28)24-21(15)25-13-11-17(12-14-25)22(26)23-18-5-3-4-6-18/h7-10,17-18H,3-6,11-14H2,1-2H3,(H,23,26). The van der Waals surface area contributed by atoms with Gasteiger partial charge in [0.2, 0.25) is 5.91 Å². The molecule has 1 aliphatic carbocycles. The quantitative estimate of drug-likeness (QED) is 0.792. The lowest BCUT2D eigenvalue weighted by Crippen LogP contribution is -2.44. The largest absolute Gasteiger partial charge is 0.497 e. The number of amidine groups is 1. The molecule has 1 aromatic carbocycles. The van der Waals surface area contributed by atoms with Crippen LogP contribution in [-0.4, -0.2) is 51.3 Å². The van der Waals surface area contributed by atoms with Gasteiger partial charge in [-0.1, -0.05) is 12.8 Å². The van der Waals surface area contributed by atoms with E-state index in [2.05, 4.69) is 9.71 Å². The Morgan fingerprint density at radius 1 is 1.10 bits per heavy atom. The number of hydrogen-bond acceptors (Lipinski definition) is 5. The summed E-state index contributed by atoms with van der Waals surface area (Å²) in [4.78, 5) is 14.8. The first-order valence-electron chi connectivity index (χ1n) is 10.6. The Kier molecular flexibility index (Phi) is 5.86. The summed E-state index contributed by atoms with van der Waals surface area (Å²) in [5.41, 5.74) is 1.27. The lowest BCUT2D eigenvalue weighted by Gasteiger charge is -2.33. The van der Waals surface area contributed by atoms with E-state index in [0.29, 0.717) is 54.7 Å². The van der Waals surface area contributed by atoms with Crippen molar-refractivity contribution in [2.45, 2.75) is 51.5 Å². The minimum atomic E-state index is -3.75. The third-order valence-electron chi connectivity index (χ3n) is 6.36. The summed E-state index contributed by atoms with van der Waals surface area (Å²) >= 11 is 0. The van der Waals surface area contributed by atoms with E-state index in [1.54, 1.807) is 31.4 Å². The number of carbonyl (C=O) groups excluding carboxylic acids is 1. The number of methoxy groups -OCH3 is 1. The van der Waals surface area contributed by atoms with Crippen molar-refractivity contribution in [2.75, 3.05) is 20.2 Å². The normalized spacial score (nSPS) is 22.3. The van der Waals surface area contributed by atoms with Crippen LogP contribution in [0.1, 0.15) is 51.0 Å². The van der Waals surface area contributed by atoms with Crippen LogP contribution in [0.5, 0.6) is 5.75 Å². The van der Waals surface area contributed by atoms with E-state index in [-0.39, 0.29) is 16.7 Å². The van der Waals surface area contributed by atoms with Crippen LogP contribution in [0.2, 0.25) is 0 Å². The second kappa shape index (κ2) is 8.41. The molecular formula is C22H29N3O4S. The second-order valence-corrected chi connectivity index (χ2v) is 9.86. The van der Waals surface area contributed by atoms with E-state index in [1.165, 1.54) is 12.8 Å². The zero-order valence-electron chi connectivity index (χ0n) is 17.6. The minimum absolute atomic E-state index is 0.00851. The molecular weight excluding hydrogens is 402 g/mol. The summed E-state index contributed by atoms with van der Waals surface area (Å²) < 4.78 is 34.8. The number of rotatable bonds is 4. The summed E-state index contributed by atoms with van der Waals surface area (Å²) in [5, 5.41) is 3.19. The summed E-state index contributed by atoms with van der Waals surface area (Å²) in [6.07, 6.45) is 5.97. The number of likely N-dealkylation sites (tertiary alicyclic amines) is 1. The van der Waals surface area contributed by atoms with Gasteiger partial charge in [0.25, 0.3) is 10.0 Å². The predicted octanol–water partition coefficient (Wildman–Crippen LogP) is 2.94. The maximum atomic E-state index is 12.8. The molecule has 1 saturated carbocycles. The molecule has 2 heterocycles. The van der Waals surface area contributed by atoms with E-state index in [9.17, 15) is 13.2 Å². The second-order valence-electron chi connectivity index (χ2n) is 8.32. The van der Waals surface area contributed by atoms with Crippen molar-refractivity contribution < 1.29 is 17.9 Å². The van der Waals surface area contributed by atoms with Crippen LogP contribution in [0.15, 0.2) is 34.2 Å². The maximum Gasteiger partial charge on any atom is 0.285 e. The van der Waals surface area contributed by atoms with E-state index in [4.69, 9.17) is 4.74 Å². The minimum Gasteiger partial charge on any atom is -0.497 e. The molecule has 1 N–H and O–H groups in total. The van der Waals surface area contributed by atoms with Crippen LogP contribution in [0.3, 0.4) is 0 Å². The van der Waals surface area contributed by atoms with Gasteiger partial charge in [-0.15, -0.1) is 4.40 Å². The number of ether oxygens (including phenoxy) is 1. The van der Waals surface area contributed by atoms with Gasteiger partial charge < -0.3 is 15.0 Å². The summed E-state index contributed by atoms with van der Waals surface area (Å²) in [6.45, 7) is 3.07. The molecule has 1 aromatic rings. The SMILES string of the molecule is COc1ccc(C2=C(C)C(N3CCC(C(=O)NC4CCCC4)CC3)=NS2(=O)=O)cc1. The molecule has 0 spiro atoms. The molecule has 0 atom stereocenters. The van der Waals surface area contributed by atoms with Gasteiger partial charge in [-0.2, -0.15) is 8.42 Å². The summed E-state index contributed by atoms with van der Waals surface area (Å²) in [6, 6.07) is 7.31. The van der Waals surface area contributed by atoms with Gasteiger partial charge in [-0.3, -0.25) is 4.79 Å². The number of amides is 1. The Morgan fingerprint density at radius 3 is 2.33 bits per heavy atom. The Morgan fingerprint density at radius 2 is 1.73 bits per heavy atom. The molecule has 0 bridgehead atoms. The molecule has 30 heavy (non-hydrogen) atoms. The Bertz CT molecular complexity index is 968. The molecule has 0 radical (unpaired) electrons. The first kappa shape index (κ1) is 20.9. The molecule has 3 aliphatic rings. The van der Waals surface area contributed by atoms with E-state index in [1.807, 2.05) is 11.8 Å². The number of piperidine rings is 1. The van der Waals surface area contributed by atoms with Crippen LogP contribution >= 0.6 is 0 Å². The fraction of sp³-hybridized carbons (Fsp3) is 0.545. The van der Waals surface area contributed by atoms with Crippen molar-refractivity contribution in [3.8, 4) is 5.75 Å². The van der Waals surface area contributed by atoms with E-state index in [0.717, 1.165) is 12.8 Å². The van der Waals surface area contributed by atoms with Gasteiger partial charge in [0.1, 0.15) is 16.5 Å². The molecule has 162 valence electrons. The fourth-order valence-corrected chi connectivity index (χ4v) is 6.15. The maximum absolute atomic E-state index is 12.8. The van der Waals surface area contributed by atoms with Crippen molar-refractivity contribution in [1.29, 1.82) is 0 Å². The number of nitrogens with one attached hydrogen (secondary N) is 1. The highest BCUT2D eigenvalue weighted by Crippen LogP contribution is 2.35. The van der Waals surface area contributed by atoms with Gasteiger partial charge in [0.05, 0.1) is 7.11 Å². The van der Waals surface area contributed by atoms with Gasteiger partial charge >= 0.3 is 0 Å². The lowest BCUT2D eigenvalue weighted by atomic mass is 9.94. The predicted molar refractivity (Wildman–Crippen MR) is 117 cm³/mol. The third-order valence-corrected chi connectivity index (χ3v) is 7.83. The molecule has 0 unspecified atom stereocenters. The van der Waals surface area contributed by atoms with Crippen LogP contribution in [-0.2, 0) is 14.8 Å². The van der Waals surface area contributed by atoms with E-state index < -0.39 is 10.0 Å². The molecule has 2 fully saturated rings. The fourth-order valence-electron chi connectivity index (χ4n) is 4.67. The smallest absolute Gasteiger partial charge is 0.285 e. The van der Waals surface area contributed by atoms with E-state index >= 15 is 0 Å². The molecule has 0 aromatic heterocycles. The Labute approximate surface area is 178 Å². The molecule has 8 heteroatoms. The van der Waals surface area contributed by atoms with Crippen LogP contribution < -0.4 is 10.1 Å². The van der Waals surface area contributed by atoms with Crippen molar-refractivity contribution in [3.63, 3.8) is 0 Å². The third kappa shape index (κ3) is 4.10. The Hall–Kier alpha value is -2.35. The van der Waals surface area contributed by atoms with Crippen molar-refractivity contribution >= 4 is 26.7 Å². The molecule has 1 amide bonds. The number of nitrogens with zero attached hydrogens (tertiary/aromatic N) is 2. The molecule has 1 saturated heterocycles. The molecule has 2 aliphatic heterocycles. The van der Waals surface area contributed by atoms with Crippen molar-refractivity contribution in [2.24, 2.45) is 10.3 Å². The molecule has 4 rings (SSSR count). The first-order chi connectivity index (χ1) is 14.4. The van der Waals surface area contributed by atoms with Gasteiger partial charge in [0.15, 0.2) is 0 Å². The lowest BCUT2D eigenvalue weighted by molar-refractivity contribution is -0.126. The highest BCUT2D eigenvalue weighted by atomic mass is 32.2. The highest BCUT2D eigenvalue weighted by molar-refractivity contribution is 8.00. The van der Waals surface area contributed by atoms with Crippen molar-refractivity contribution in [1.82, 2.24) is 10.2 Å². The van der Waals surface area contributed by atoms with Gasteiger partial charge in [0, 0.05) is 30.6 Å². The topological polar surface area (TPSA) is 88.1 Å². The zero-order valence-corrected chi connectivity index (χ0v) is 18.4. The van der Waals surface area contributed by atoms with Crippen molar-refractivity contribution in [3.05, 3.63) is 35.4 Å². The number of sulfonamides is 1. The number of benzene rings is 1. The first-order valence-corrected chi connectivity index (χ1v) is 12.1. The average Bonchev–Trinajstić information content (AvgIpc) is 3.33. The van der Waals surface area contributed by atoms with Crippen LogP contribution in [0.4, 0.5) is 0 Å². The number of carbonyl (C=O) groups is 1. The summed E-state index contributed by atoms with van der Waals surface area (Å²) in [5.74, 6) is 1.32. The van der Waals surface area contributed by atoms with Crippen LogP contribution in [0, 0.1) is 5.92 Å². The van der Waals surface area contributed by atoms with Gasteiger partial charge in [-0.05, 0) is 62.4 Å². The molecule has 7 nitrogen and oxygen atoms in total. The average molecular weight is 432 g/mol. The monoisotopic (exact) mass is 431 g/mol. The number of hydrogen-bond donors (Lipinski definition) is 1. The van der Waals surface area contributed by atoms with Crippen LogP contribution in [0.25, 0.3) is 4.91 Å². The summed E-state index contributed by atoms with van der Waals surface area (Å²) in [7, 11) is -2.17. The highest BCUT2D eigenvalue weighted by Gasteiger charge is 2.36.